The molecule has 1 N–H and O–H groups in total. The van der Waals surface area contributed by atoms with Crippen LogP contribution in [0.15, 0.2) is 58.5 Å². The van der Waals surface area contributed by atoms with Crippen molar-refractivity contribution in [2.75, 3.05) is 5.32 Å². The maximum atomic E-state index is 12.5. The highest BCUT2D eigenvalue weighted by Gasteiger charge is 2.19. The van der Waals surface area contributed by atoms with Crippen LogP contribution in [0.5, 0.6) is 0 Å². The lowest BCUT2D eigenvalue weighted by Gasteiger charge is -2.10. The van der Waals surface area contributed by atoms with E-state index in [0.29, 0.717) is 5.13 Å². The molecule has 0 saturated heterocycles. The monoisotopic (exact) mass is 398 g/mol. The molecule has 0 fully saturated rings. The second kappa shape index (κ2) is 7.53. The number of fused-ring (bicyclic) bond motifs is 1. The number of aromatic nitrogens is 3. The molecule has 8 heteroatoms. The fourth-order valence-corrected chi connectivity index (χ4v) is 4.91. The Morgan fingerprint density at radius 1 is 1.15 bits per heavy atom. The molecule has 0 aliphatic rings. The van der Waals surface area contributed by atoms with Gasteiger partial charge in [0.1, 0.15) is 11.4 Å². The van der Waals surface area contributed by atoms with E-state index < -0.39 is 0 Å². The van der Waals surface area contributed by atoms with Gasteiger partial charge in [-0.15, -0.1) is 22.7 Å². The van der Waals surface area contributed by atoms with Crippen LogP contribution in [0.1, 0.15) is 6.92 Å². The van der Waals surface area contributed by atoms with Gasteiger partial charge in [-0.3, -0.25) is 4.79 Å². The Kier molecular flexibility index (Phi) is 4.96. The van der Waals surface area contributed by atoms with Gasteiger partial charge in [0.15, 0.2) is 5.13 Å². The first kappa shape index (κ1) is 17.1. The molecular formula is C18H14N4OS3. The minimum Gasteiger partial charge on any atom is -0.301 e. The number of benzene rings is 1. The van der Waals surface area contributed by atoms with Crippen LogP contribution in [-0.2, 0) is 4.79 Å². The SMILES string of the molecule is C[C@H](Sc1ncnc2ccsc12)C(=O)Nc1nc(-c2ccccc2)cs1. The molecule has 0 saturated carbocycles. The van der Waals surface area contributed by atoms with Crippen molar-refractivity contribution in [1.82, 2.24) is 15.0 Å². The molecule has 3 heterocycles. The summed E-state index contributed by atoms with van der Waals surface area (Å²) >= 11 is 4.44. The van der Waals surface area contributed by atoms with Crippen molar-refractivity contribution in [3.05, 3.63) is 53.5 Å². The fourth-order valence-electron chi connectivity index (χ4n) is 2.35. The van der Waals surface area contributed by atoms with Crippen LogP contribution in [0.25, 0.3) is 21.5 Å². The highest BCUT2D eigenvalue weighted by molar-refractivity contribution is 8.00. The first-order valence-electron chi connectivity index (χ1n) is 7.87. The molecule has 0 radical (unpaired) electrons. The molecule has 0 bridgehead atoms. The lowest BCUT2D eigenvalue weighted by Crippen LogP contribution is -2.22. The zero-order valence-corrected chi connectivity index (χ0v) is 16.2. The maximum absolute atomic E-state index is 12.5. The molecule has 26 heavy (non-hydrogen) atoms. The van der Waals surface area contributed by atoms with Gasteiger partial charge in [0.05, 0.1) is 21.2 Å². The van der Waals surface area contributed by atoms with Gasteiger partial charge in [0, 0.05) is 10.9 Å². The van der Waals surface area contributed by atoms with E-state index in [4.69, 9.17) is 0 Å². The number of hydrogen-bond donors (Lipinski definition) is 1. The molecule has 0 unspecified atom stereocenters. The van der Waals surface area contributed by atoms with Crippen molar-refractivity contribution in [3.8, 4) is 11.3 Å². The second-order valence-corrected chi connectivity index (χ2v) is 8.57. The summed E-state index contributed by atoms with van der Waals surface area (Å²) in [6, 6.07) is 11.9. The number of anilines is 1. The van der Waals surface area contributed by atoms with Crippen molar-refractivity contribution in [1.29, 1.82) is 0 Å². The fraction of sp³-hybridized carbons (Fsp3) is 0.111. The van der Waals surface area contributed by atoms with E-state index in [0.717, 1.165) is 26.5 Å². The number of carbonyl (C=O) groups excluding carboxylic acids is 1. The quantitative estimate of drug-likeness (QED) is 0.381. The van der Waals surface area contributed by atoms with Gasteiger partial charge < -0.3 is 5.32 Å². The molecule has 4 aromatic rings. The van der Waals surface area contributed by atoms with Crippen molar-refractivity contribution in [3.63, 3.8) is 0 Å². The number of carbonyl (C=O) groups is 1. The Bertz CT molecular complexity index is 1040. The molecule has 1 atom stereocenters. The number of hydrogen-bond acceptors (Lipinski definition) is 7. The smallest absolute Gasteiger partial charge is 0.239 e. The van der Waals surface area contributed by atoms with Crippen LogP contribution in [0, 0.1) is 0 Å². The van der Waals surface area contributed by atoms with Gasteiger partial charge in [-0.05, 0) is 18.4 Å². The molecule has 5 nitrogen and oxygen atoms in total. The van der Waals surface area contributed by atoms with E-state index in [1.165, 1.54) is 29.4 Å². The molecular weight excluding hydrogens is 384 g/mol. The number of nitrogens with one attached hydrogen (secondary N) is 1. The first-order chi connectivity index (χ1) is 12.7. The van der Waals surface area contributed by atoms with E-state index in [2.05, 4.69) is 20.3 Å². The molecule has 0 aliphatic carbocycles. The van der Waals surface area contributed by atoms with Gasteiger partial charge >= 0.3 is 0 Å². The van der Waals surface area contributed by atoms with Crippen molar-refractivity contribution in [2.24, 2.45) is 0 Å². The van der Waals surface area contributed by atoms with Gasteiger partial charge in [-0.1, -0.05) is 42.1 Å². The van der Waals surface area contributed by atoms with E-state index in [-0.39, 0.29) is 11.2 Å². The largest absolute Gasteiger partial charge is 0.301 e. The first-order valence-corrected chi connectivity index (χ1v) is 10.5. The van der Waals surface area contributed by atoms with Crippen molar-refractivity contribution >= 4 is 55.7 Å². The minimum absolute atomic E-state index is 0.0905. The molecule has 130 valence electrons. The van der Waals surface area contributed by atoms with Crippen molar-refractivity contribution < 1.29 is 4.79 Å². The van der Waals surface area contributed by atoms with Crippen LogP contribution < -0.4 is 5.32 Å². The lowest BCUT2D eigenvalue weighted by molar-refractivity contribution is -0.115. The maximum Gasteiger partial charge on any atom is 0.239 e. The summed E-state index contributed by atoms with van der Waals surface area (Å²) in [6.45, 7) is 1.87. The Labute approximate surface area is 162 Å². The second-order valence-electron chi connectivity index (χ2n) is 5.47. The van der Waals surface area contributed by atoms with Gasteiger partial charge in [-0.25, -0.2) is 15.0 Å². The average Bonchev–Trinajstić information content (AvgIpc) is 3.32. The third-order valence-electron chi connectivity index (χ3n) is 3.67. The molecule has 0 aliphatic heterocycles. The zero-order valence-electron chi connectivity index (χ0n) is 13.7. The highest BCUT2D eigenvalue weighted by Crippen LogP contribution is 2.32. The molecule has 1 aromatic carbocycles. The van der Waals surface area contributed by atoms with Crippen LogP contribution >= 0.6 is 34.4 Å². The highest BCUT2D eigenvalue weighted by atomic mass is 32.2. The molecule has 4 rings (SSSR count). The van der Waals surface area contributed by atoms with Crippen LogP contribution in [0.4, 0.5) is 5.13 Å². The van der Waals surface area contributed by atoms with E-state index in [1.807, 2.05) is 54.1 Å². The summed E-state index contributed by atoms with van der Waals surface area (Å²) in [7, 11) is 0. The Morgan fingerprint density at radius 3 is 2.85 bits per heavy atom. The lowest BCUT2D eigenvalue weighted by atomic mass is 10.2. The Hall–Kier alpha value is -2.29. The summed E-state index contributed by atoms with van der Waals surface area (Å²) in [4.78, 5) is 25.6. The molecule has 0 spiro atoms. The number of thiophene rings is 1. The minimum atomic E-state index is -0.292. The standard InChI is InChI=1S/C18H14N4OS3/c1-11(26-17-15-13(7-8-24-15)19-10-20-17)16(23)22-18-21-14(9-25-18)12-5-3-2-4-6-12/h2-11H,1H3,(H,21,22,23)/t11-/m0/s1. The normalized spacial score (nSPS) is 12.2. The summed E-state index contributed by atoms with van der Waals surface area (Å²) in [5.74, 6) is -0.0905. The van der Waals surface area contributed by atoms with Crippen molar-refractivity contribution in [2.45, 2.75) is 17.2 Å². The van der Waals surface area contributed by atoms with Gasteiger partial charge in [0.25, 0.3) is 0 Å². The number of amides is 1. The third kappa shape index (κ3) is 3.62. The number of rotatable bonds is 5. The van der Waals surface area contributed by atoms with E-state index in [1.54, 1.807) is 11.3 Å². The molecule has 1 amide bonds. The zero-order chi connectivity index (χ0) is 17.9. The van der Waals surface area contributed by atoms with E-state index >= 15 is 0 Å². The Balaban J connectivity index is 1.45. The predicted molar refractivity (Wildman–Crippen MR) is 109 cm³/mol. The summed E-state index contributed by atoms with van der Waals surface area (Å²) in [5, 5.41) is 7.97. The number of nitrogens with zero attached hydrogens (tertiary/aromatic N) is 3. The summed E-state index contributed by atoms with van der Waals surface area (Å²) < 4.78 is 1.01. The van der Waals surface area contributed by atoms with Crippen LogP contribution in [-0.4, -0.2) is 26.1 Å². The third-order valence-corrected chi connectivity index (χ3v) is 6.57. The van der Waals surface area contributed by atoms with E-state index in [9.17, 15) is 4.79 Å². The van der Waals surface area contributed by atoms with Crippen LogP contribution in [0.2, 0.25) is 0 Å². The predicted octanol–water partition coefficient (Wildman–Crippen LogP) is 4.93. The number of thiazole rings is 1. The topological polar surface area (TPSA) is 67.8 Å². The summed E-state index contributed by atoms with van der Waals surface area (Å²) in [5.41, 5.74) is 2.81. The summed E-state index contributed by atoms with van der Waals surface area (Å²) in [6.07, 6.45) is 1.54. The van der Waals surface area contributed by atoms with Gasteiger partial charge in [0.2, 0.25) is 5.91 Å². The average molecular weight is 399 g/mol. The number of thioether (sulfide) groups is 1. The van der Waals surface area contributed by atoms with Crippen LogP contribution in [0.3, 0.4) is 0 Å². The Morgan fingerprint density at radius 2 is 2.00 bits per heavy atom. The van der Waals surface area contributed by atoms with Gasteiger partial charge in [-0.2, -0.15) is 0 Å². The molecule has 3 aromatic heterocycles.